The molecule has 2 aliphatic rings. The van der Waals surface area contributed by atoms with Crippen LogP contribution in [0.3, 0.4) is 0 Å². The van der Waals surface area contributed by atoms with E-state index in [4.69, 9.17) is 47.4 Å². The second-order valence-electron chi connectivity index (χ2n) is 11.6. The molecular formula is C33H40O19S. The van der Waals surface area contributed by atoms with Crippen LogP contribution in [0.2, 0.25) is 0 Å². The first kappa shape index (κ1) is 42.6. The van der Waals surface area contributed by atoms with E-state index in [2.05, 4.69) is 0 Å². The first-order valence-corrected chi connectivity index (χ1v) is 16.8. The van der Waals surface area contributed by atoms with Crippen LogP contribution >= 0.6 is 11.8 Å². The zero-order valence-corrected chi connectivity index (χ0v) is 30.5. The SMILES string of the molecule is CC(=O)OC[C@H]1O[C@@H](Sc2ccccc2C(=O)O)[C@H](OC(C)=O)[C@@H](OC(C)=O)[C@@H]1O[C@@H]1O[C@H](COC(C)=O)[C@@H](OC(C)=O)[C@H](OC(C)=O)[C@H]1OC(C)=O. The Labute approximate surface area is 307 Å². The highest BCUT2D eigenvalue weighted by Crippen LogP contribution is 2.40. The van der Waals surface area contributed by atoms with Crippen molar-refractivity contribution in [2.24, 2.45) is 0 Å². The third-order valence-electron chi connectivity index (χ3n) is 7.25. The van der Waals surface area contributed by atoms with Gasteiger partial charge in [-0.2, -0.15) is 0 Å². The molecule has 3 rings (SSSR count). The molecular weight excluding hydrogens is 732 g/mol. The average molecular weight is 773 g/mol. The minimum atomic E-state index is -1.84. The second-order valence-corrected chi connectivity index (χ2v) is 12.7. The third-order valence-corrected chi connectivity index (χ3v) is 8.47. The van der Waals surface area contributed by atoms with Crippen LogP contribution in [0.5, 0.6) is 0 Å². The molecule has 19 nitrogen and oxygen atoms in total. The fourth-order valence-electron chi connectivity index (χ4n) is 5.44. The van der Waals surface area contributed by atoms with Crippen LogP contribution in [-0.4, -0.2) is 127 Å². The van der Waals surface area contributed by atoms with Crippen LogP contribution in [0.4, 0.5) is 0 Å². The van der Waals surface area contributed by atoms with Gasteiger partial charge >= 0.3 is 47.8 Å². The molecule has 2 fully saturated rings. The first-order valence-electron chi connectivity index (χ1n) is 16.0. The molecule has 0 saturated carbocycles. The van der Waals surface area contributed by atoms with Crippen LogP contribution in [0.1, 0.15) is 58.8 Å². The summed E-state index contributed by atoms with van der Waals surface area (Å²) >= 11 is 0.796. The third kappa shape index (κ3) is 12.4. The minimum Gasteiger partial charge on any atom is -0.478 e. The molecule has 0 amide bonds. The number of esters is 7. The molecule has 0 bridgehead atoms. The number of hydrogen-bond donors (Lipinski definition) is 1. The lowest BCUT2D eigenvalue weighted by atomic mass is 9.96. The lowest BCUT2D eigenvalue weighted by Gasteiger charge is -2.48. The van der Waals surface area contributed by atoms with Gasteiger partial charge in [-0.05, 0) is 12.1 Å². The van der Waals surface area contributed by atoms with Crippen molar-refractivity contribution >= 4 is 59.5 Å². The maximum Gasteiger partial charge on any atom is 0.336 e. The maximum atomic E-state index is 12.6. The van der Waals surface area contributed by atoms with E-state index in [1.165, 1.54) is 18.2 Å². The van der Waals surface area contributed by atoms with E-state index in [9.17, 15) is 43.5 Å². The smallest absolute Gasteiger partial charge is 0.336 e. The highest BCUT2D eigenvalue weighted by Gasteiger charge is 2.57. The molecule has 0 aliphatic carbocycles. The molecule has 10 atom stereocenters. The van der Waals surface area contributed by atoms with E-state index in [0.29, 0.717) is 0 Å². The van der Waals surface area contributed by atoms with E-state index < -0.39 is 122 Å². The number of ether oxygens (including phenoxy) is 10. The van der Waals surface area contributed by atoms with Crippen LogP contribution in [-0.2, 0) is 80.9 Å². The van der Waals surface area contributed by atoms with Crippen LogP contribution in [0.15, 0.2) is 29.2 Å². The van der Waals surface area contributed by atoms with Gasteiger partial charge in [0.2, 0.25) is 0 Å². The van der Waals surface area contributed by atoms with E-state index in [1.807, 2.05) is 0 Å². The number of carboxylic acids is 1. The highest BCUT2D eigenvalue weighted by molar-refractivity contribution is 8.00. The number of thioether (sulfide) groups is 1. The molecule has 0 spiro atoms. The fourth-order valence-corrected chi connectivity index (χ4v) is 6.67. The number of carbonyl (C=O) groups excluding carboxylic acids is 7. The Morgan fingerprint density at radius 3 is 1.49 bits per heavy atom. The molecule has 20 heteroatoms. The molecule has 2 heterocycles. The Kier molecular flexibility index (Phi) is 15.5. The number of benzene rings is 1. The van der Waals surface area contributed by atoms with Crippen LogP contribution < -0.4 is 0 Å². The summed E-state index contributed by atoms with van der Waals surface area (Å²) in [6, 6.07) is 5.82. The van der Waals surface area contributed by atoms with Crippen LogP contribution in [0, 0.1) is 0 Å². The van der Waals surface area contributed by atoms with Gasteiger partial charge in [0.25, 0.3) is 0 Å². The molecule has 0 unspecified atom stereocenters. The predicted octanol–water partition coefficient (Wildman–Crippen LogP) is 1.10. The molecule has 0 aromatic heterocycles. The molecule has 1 aromatic carbocycles. The highest BCUT2D eigenvalue weighted by atomic mass is 32.2. The van der Waals surface area contributed by atoms with Crippen molar-refractivity contribution in [3.8, 4) is 0 Å². The molecule has 2 saturated heterocycles. The largest absolute Gasteiger partial charge is 0.478 e. The lowest BCUT2D eigenvalue weighted by Crippen LogP contribution is -2.66. The van der Waals surface area contributed by atoms with E-state index in [1.54, 1.807) is 6.07 Å². The average Bonchev–Trinajstić information content (AvgIpc) is 3.03. The van der Waals surface area contributed by atoms with Crippen molar-refractivity contribution in [1.29, 1.82) is 0 Å². The Morgan fingerprint density at radius 1 is 0.566 bits per heavy atom. The van der Waals surface area contributed by atoms with Gasteiger partial charge in [-0.15, -0.1) is 0 Å². The summed E-state index contributed by atoms with van der Waals surface area (Å²) in [5.74, 6) is -7.35. The molecule has 2 aliphatic heterocycles. The van der Waals surface area contributed by atoms with E-state index in [-0.39, 0.29) is 10.5 Å². The summed E-state index contributed by atoms with van der Waals surface area (Å²) in [6.45, 7) is 6.16. The second kappa shape index (κ2) is 19.3. The zero-order chi connectivity index (χ0) is 39.6. The van der Waals surface area contributed by atoms with Crippen molar-refractivity contribution in [3.05, 3.63) is 29.8 Å². The first-order chi connectivity index (χ1) is 24.9. The number of aromatic carboxylic acids is 1. The lowest BCUT2D eigenvalue weighted by molar-refractivity contribution is -0.341. The van der Waals surface area contributed by atoms with Crippen molar-refractivity contribution < 1.29 is 90.8 Å². The monoisotopic (exact) mass is 772 g/mol. The summed E-state index contributed by atoms with van der Waals surface area (Å²) in [5.41, 5.74) is -1.47. The Balaban J connectivity index is 2.20. The van der Waals surface area contributed by atoms with E-state index >= 15 is 0 Å². The molecule has 53 heavy (non-hydrogen) atoms. The maximum absolute atomic E-state index is 12.6. The Hall–Kier alpha value is -4.79. The summed E-state index contributed by atoms with van der Waals surface area (Å²) in [4.78, 5) is 98.0. The van der Waals surface area contributed by atoms with Crippen molar-refractivity contribution in [1.82, 2.24) is 0 Å². The van der Waals surface area contributed by atoms with Crippen molar-refractivity contribution in [2.75, 3.05) is 13.2 Å². The topological polar surface area (TPSA) is 249 Å². The normalized spacial score (nSPS) is 28.0. The molecule has 1 aromatic rings. The van der Waals surface area contributed by atoms with Crippen molar-refractivity contribution in [3.63, 3.8) is 0 Å². The van der Waals surface area contributed by atoms with E-state index in [0.717, 1.165) is 60.2 Å². The van der Waals surface area contributed by atoms with Gasteiger partial charge in [0, 0.05) is 53.4 Å². The van der Waals surface area contributed by atoms with Gasteiger partial charge in [-0.1, -0.05) is 23.9 Å². The van der Waals surface area contributed by atoms with Gasteiger partial charge in [0.1, 0.15) is 37.0 Å². The Morgan fingerprint density at radius 2 is 1.00 bits per heavy atom. The van der Waals surface area contributed by atoms with Gasteiger partial charge < -0.3 is 52.5 Å². The molecule has 292 valence electrons. The van der Waals surface area contributed by atoms with Gasteiger partial charge in [-0.25, -0.2) is 4.79 Å². The quantitative estimate of drug-likeness (QED) is 0.205. The van der Waals surface area contributed by atoms with Gasteiger partial charge in [-0.3, -0.25) is 33.6 Å². The molecule has 1 N–H and O–H groups in total. The van der Waals surface area contributed by atoms with Gasteiger partial charge in [0.05, 0.1) is 5.56 Å². The molecule has 0 radical (unpaired) electrons. The standard InChI is InChI=1S/C33H40O19S/c1-14(34)43-12-22-25(45-16(3)36)27(46-17(4)37)29(48-19(6)39)32(50-22)52-26-23(13-44-15(2)35)51-33(30(49-20(7)40)28(26)47-18(5)38)53-24-11-9-8-10-21(24)31(41)42/h8-11,22-23,25-30,32-33H,12-13H2,1-7H3,(H,41,42)/t22-,23-,25-,26-,27+,28+,29-,30-,32+,33+/m1/s1. The Bertz CT molecular complexity index is 1550. The number of carbonyl (C=O) groups is 8. The number of carboxylic acid groups (broad SMARTS) is 1. The summed E-state index contributed by atoms with van der Waals surface area (Å²) in [7, 11) is 0. The zero-order valence-electron chi connectivity index (χ0n) is 29.7. The number of rotatable bonds is 14. The van der Waals surface area contributed by atoms with Crippen molar-refractivity contribution in [2.45, 2.75) is 114 Å². The predicted molar refractivity (Wildman–Crippen MR) is 172 cm³/mol. The van der Waals surface area contributed by atoms with Crippen LogP contribution in [0.25, 0.3) is 0 Å². The number of hydrogen-bond acceptors (Lipinski definition) is 19. The summed E-state index contributed by atoms with van der Waals surface area (Å²) in [5, 5.41) is 9.80. The minimum absolute atomic E-state index is 0.140. The summed E-state index contributed by atoms with van der Waals surface area (Å²) in [6.07, 6.45) is -14.4. The van der Waals surface area contributed by atoms with Gasteiger partial charge in [0.15, 0.2) is 36.8 Å². The summed E-state index contributed by atoms with van der Waals surface area (Å²) < 4.78 is 56.5. The fraction of sp³-hybridized carbons (Fsp3) is 0.576.